The van der Waals surface area contributed by atoms with E-state index in [1.165, 1.54) is 6.33 Å². The summed E-state index contributed by atoms with van der Waals surface area (Å²) in [5, 5.41) is 9.14. The number of fused-ring (bicyclic) bond motifs is 2. The molecule has 0 spiro atoms. The van der Waals surface area contributed by atoms with Crippen LogP contribution in [0.2, 0.25) is 0 Å². The number of likely N-dealkylation sites (tertiary alicyclic amines) is 1. The normalized spacial score (nSPS) is 16.3. The van der Waals surface area contributed by atoms with Crippen LogP contribution >= 0.6 is 0 Å². The molecule has 3 aromatic heterocycles. The Hall–Kier alpha value is -4.02. The van der Waals surface area contributed by atoms with Crippen LogP contribution in [0.4, 0.5) is 17.5 Å². The van der Waals surface area contributed by atoms with Crippen molar-refractivity contribution < 1.29 is 9.15 Å². The van der Waals surface area contributed by atoms with Crippen LogP contribution in [0.3, 0.4) is 0 Å². The highest BCUT2D eigenvalue weighted by molar-refractivity contribution is 5.98. The van der Waals surface area contributed by atoms with E-state index >= 15 is 0 Å². The summed E-state index contributed by atoms with van der Waals surface area (Å²) in [4.78, 5) is 16.0. The number of hydrogen-bond acceptors (Lipinski definition) is 9. The Morgan fingerprint density at radius 3 is 2.82 bits per heavy atom. The number of aryl methyl sites for hydroxylation is 2. The lowest BCUT2D eigenvalue weighted by molar-refractivity contribution is 0.140. The molecule has 4 heterocycles. The number of methoxy groups -OCH3 is 1. The smallest absolute Gasteiger partial charge is 0.300 e. The summed E-state index contributed by atoms with van der Waals surface area (Å²) < 4.78 is 13.3. The zero-order valence-electron chi connectivity index (χ0n) is 22.6. The molecule has 1 atom stereocenters. The molecule has 1 fully saturated rings. The van der Waals surface area contributed by atoms with E-state index in [2.05, 4.69) is 42.8 Å². The molecule has 202 valence electrons. The van der Waals surface area contributed by atoms with Crippen LogP contribution in [0.5, 0.6) is 0 Å². The monoisotopic (exact) mass is 526 g/mol. The van der Waals surface area contributed by atoms with E-state index in [9.17, 15) is 0 Å². The number of ether oxygens (including phenoxy) is 1. The van der Waals surface area contributed by atoms with Crippen molar-refractivity contribution in [3.63, 3.8) is 0 Å². The lowest BCUT2D eigenvalue weighted by atomic mass is 10.1. The number of aromatic nitrogens is 5. The number of hydrogen-bond donors (Lipinski definition) is 2. The second-order valence-corrected chi connectivity index (χ2v) is 10.3. The average Bonchev–Trinajstić information content (AvgIpc) is 3.52. The van der Waals surface area contributed by atoms with Crippen molar-refractivity contribution in [1.82, 2.24) is 29.6 Å². The second kappa shape index (κ2) is 10.6. The molecule has 39 heavy (non-hydrogen) atoms. The predicted molar refractivity (Wildman–Crippen MR) is 153 cm³/mol. The molecule has 1 aliphatic rings. The van der Waals surface area contributed by atoms with Gasteiger partial charge in [-0.05, 0) is 69.0 Å². The van der Waals surface area contributed by atoms with E-state index < -0.39 is 0 Å². The van der Waals surface area contributed by atoms with Crippen molar-refractivity contribution in [3.8, 4) is 11.3 Å². The Balaban J connectivity index is 1.27. The maximum Gasteiger partial charge on any atom is 0.300 e. The molecule has 5 aromatic rings. The van der Waals surface area contributed by atoms with E-state index in [1.54, 1.807) is 7.11 Å². The van der Waals surface area contributed by atoms with Gasteiger partial charge in [0.15, 0.2) is 11.2 Å². The number of anilines is 3. The Morgan fingerprint density at radius 2 is 2.00 bits per heavy atom. The van der Waals surface area contributed by atoms with Crippen LogP contribution in [0.25, 0.3) is 33.4 Å². The van der Waals surface area contributed by atoms with Gasteiger partial charge in [0.2, 0.25) is 0 Å². The fourth-order valence-electron chi connectivity index (χ4n) is 5.58. The zero-order chi connectivity index (χ0) is 26.9. The lowest BCUT2D eigenvalue weighted by Crippen LogP contribution is -2.37. The molecule has 3 N–H and O–H groups in total. The maximum absolute atomic E-state index is 6.38. The first-order chi connectivity index (χ1) is 19.0. The molecular weight excluding hydrogens is 492 g/mol. The quantitative estimate of drug-likeness (QED) is 0.261. The van der Waals surface area contributed by atoms with Crippen LogP contribution < -0.4 is 11.1 Å². The Kier molecular flexibility index (Phi) is 6.88. The van der Waals surface area contributed by atoms with Crippen LogP contribution in [-0.4, -0.2) is 63.0 Å². The number of piperidine rings is 1. The first-order valence-corrected chi connectivity index (χ1v) is 13.5. The summed E-state index contributed by atoms with van der Waals surface area (Å²) >= 11 is 0. The largest absolute Gasteiger partial charge is 0.423 e. The molecule has 0 saturated carbocycles. The molecule has 0 aliphatic carbocycles. The summed E-state index contributed by atoms with van der Waals surface area (Å²) in [6, 6.07) is 12.8. The molecule has 2 aromatic carbocycles. The van der Waals surface area contributed by atoms with Gasteiger partial charge in [0.1, 0.15) is 23.4 Å². The number of benzene rings is 2. The maximum atomic E-state index is 6.38. The molecule has 0 unspecified atom stereocenters. The lowest BCUT2D eigenvalue weighted by Gasteiger charge is -2.32. The van der Waals surface area contributed by atoms with Gasteiger partial charge in [-0.1, -0.05) is 18.2 Å². The number of oxazole rings is 1. The Labute approximate surface area is 227 Å². The summed E-state index contributed by atoms with van der Waals surface area (Å²) in [5.41, 5.74) is 13.6. The minimum absolute atomic E-state index is 0.221. The standard InChI is InChI=1S/C29H34N8O2/c1-18-14-19(2)26-23(15-18)34-29(39-26)33-21-9-7-20(8-10-21)25-24-27(30)31-17-32-28(24)37(35-25)22-6-4-11-36(16-22)12-5-13-38-3/h7-10,14-15,17,22H,4-6,11-13,16H2,1-3H3,(H,33,34)(H2,30,31,32)/t22-/m1/s1. The third-order valence-electron chi connectivity index (χ3n) is 7.40. The topological polar surface area (TPSA) is 120 Å². The molecule has 0 bridgehead atoms. The summed E-state index contributed by atoms with van der Waals surface area (Å²) in [6.45, 7) is 7.90. The van der Waals surface area contributed by atoms with Crippen molar-refractivity contribution in [3.05, 3.63) is 53.9 Å². The van der Waals surface area contributed by atoms with Crippen molar-refractivity contribution >= 4 is 39.7 Å². The molecule has 1 aliphatic heterocycles. The first kappa shape index (κ1) is 25.3. The molecule has 10 heteroatoms. The third-order valence-corrected chi connectivity index (χ3v) is 7.40. The van der Waals surface area contributed by atoms with E-state index in [-0.39, 0.29) is 6.04 Å². The number of nitrogens with one attached hydrogen (secondary N) is 1. The summed E-state index contributed by atoms with van der Waals surface area (Å²) in [5.74, 6) is 0.438. The van der Waals surface area contributed by atoms with E-state index in [4.69, 9.17) is 20.0 Å². The average molecular weight is 527 g/mol. The van der Waals surface area contributed by atoms with Crippen molar-refractivity contribution in [1.29, 1.82) is 0 Å². The Morgan fingerprint density at radius 1 is 1.15 bits per heavy atom. The van der Waals surface area contributed by atoms with Gasteiger partial charge in [-0.15, -0.1) is 0 Å². The van der Waals surface area contributed by atoms with E-state index in [0.717, 1.165) is 95.7 Å². The summed E-state index contributed by atoms with van der Waals surface area (Å²) in [7, 11) is 1.75. The van der Waals surface area contributed by atoms with Gasteiger partial charge in [-0.25, -0.2) is 14.6 Å². The number of nitrogens with zero attached hydrogens (tertiary/aromatic N) is 6. The number of nitrogens with two attached hydrogens (primary N) is 1. The van der Waals surface area contributed by atoms with Gasteiger partial charge >= 0.3 is 0 Å². The number of nitrogen functional groups attached to an aromatic ring is 1. The highest BCUT2D eigenvalue weighted by atomic mass is 16.5. The highest BCUT2D eigenvalue weighted by Gasteiger charge is 2.26. The van der Waals surface area contributed by atoms with Gasteiger partial charge in [-0.3, -0.25) is 0 Å². The SMILES string of the molecule is COCCCN1CCC[C@@H](n2nc(-c3ccc(Nc4nc5cc(C)cc(C)c5o4)cc3)c3c(N)ncnc32)C1. The van der Waals surface area contributed by atoms with E-state index in [0.29, 0.717) is 11.8 Å². The molecule has 10 nitrogen and oxygen atoms in total. The van der Waals surface area contributed by atoms with Gasteiger partial charge < -0.3 is 25.1 Å². The third kappa shape index (κ3) is 5.05. The highest BCUT2D eigenvalue weighted by Crippen LogP contribution is 2.34. The fourth-order valence-corrected chi connectivity index (χ4v) is 5.58. The van der Waals surface area contributed by atoms with Crippen LogP contribution in [0.1, 0.15) is 36.4 Å². The first-order valence-electron chi connectivity index (χ1n) is 13.5. The van der Waals surface area contributed by atoms with Gasteiger partial charge in [0, 0.05) is 38.1 Å². The van der Waals surface area contributed by atoms with Crippen LogP contribution in [0.15, 0.2) is 47.1 Å². The number of rotatable bonds is 8. The molecule has 1 saturated heterocycles. The van der Waals surface area contributed by atoms with Crippen molar-refractivity contribution in [2.75, 3.05) is 44.4 Å². The molecule has 6 rings (SSSR count). The van der Waals surface area contributed by atoms with Crippen molar-refractivity contribution in [2.45, 2.75) is 39.2 Å². The van der Waals surface area contributed by atoms with Crippen LogP contribution in [-0.2, 0) is 4.74 Å². The van der Waals surface area contributed by atoms with Crippen molar-refractivity contribution in [2.24, 2.45) is 0 Å². The molecular formula is C29H34N8O2. The van der Waals surface area contributed by atoms with Crippen LogP contribution in [0, 0.1) is 13.8 Å². The minimum Gasteiger partial charge on any atom is -0.423 e. The van der Waals surface area contributed by atoms with Gasteiger partial charge in [0.05, 0.1) is 11.4 Å². The fraction of sp³-hybridized carbons (Fsp3) is 0.379. The molecule has 0 amide bonds. The van der Waals surface area contributed by atoms with E-state index in [1.807, 2.05) is 37.3 Å². The predicted octanol–water partition coefficient (Wildman–Crippen LogP) is 5.25. The zero-order valence-corrected chi connectivity index (χ0v) is 22.6. The second-order valence-electron chi connectivity index (χ2n) is 10.3. The summed E-state index contributed by atoms with van der Waals surface area (Å²) in [6.07, 6.45) is 4.71. The van der Waals surface area contributed by atoms with Gasteiger partial charge in [-0.2, -0.15) is 10.1 Å². The molecule has 0 radical (unpaired) electrons. The Bertz CT molecular complexity index is 1610. The van der Waals surface area contributed by atoms with Gasteiger partial charge in [0.25, 0.3) is 6.01 Å². The minimum atomic E-state index is 0.221.